The van der Waals surface area contributed by atoms with Crippen LogP contribution in [0.3, 0.4) is 0 Å². The average Bonchev–Trinajstić information content (AvgIpc) is 2.36. The zero-order valence-electron chi connectivity index (χ0n) is 9.52. The molecule has 0 saturated carbocycles. The van der Waals surface area contributed by atoms with E-state index in [1.807, 2.05) is 25.1 Å². The van der Waals surface area contributed by atoms with Crippen LogP contribution in [0.5, 0.6) is 0 Å². The SMILES string of the molecule is CCC(=O)N1CCC(N=O)c2cc(Br)ccc21. The number of anilines is 1. The van der Waals surface area contributed by atoms with Gasteiger partial charge in [-0.15, -0.1) is 0 Å². The maximum atomic E-state index is 11.8. The van der Waals surface area contributed by atoms with Crippen molar-refractivity contribution >= 4 is 27.5 Å². The Morgan fingerprint density at radius 3 is 3.00 bits per heavy atom. The molecule has 1 amide bonds. The molecule has 1 aromatic carbocycles. The van der Waals surface area contributed by atoms with Crippen molar-refractivity contribution in [1.29, 1.82) is 0 Å². The fourth-order valence-corrected chi connectivity index (χ4v) is 2.50. The Bertz CT molecular complexity index is 462. The smallest absolute Gasteiger partial charge is 0.226 e. The summed E-state index contributed by atoms with van der Waals surface area (Å²) in [6.07, 6.45) is 1.06. The minimum absolute atomic E-state index is 0.0814. The summed E-state index contributed by atoms with van der Waals surface area (Å²) in [6.45, 7) is 2.41. The quantitative estimate of drug-likeness (QED) is 0.785. The second kappa shape index (κ2) is 4.96. The van der Waals surface area contributed by atoms with Gasteiger partial charge in [-0.25, -0.2) is 0 Å². The molecule has 0 aliphatic carbocycles. The van der Waals surface area contributed by atoms with Gasteiger partial charge in [-0.05, 0) is 24.6 Å². The first-order valence-electron chi connectivity index (χ1n) is 5.59. The molecule has 5 heteroatoms. The van der Waals surface area contributed by atoms with E-state index in [0.717, 1.165) is 15.7 Å². The Labute approximate surface area is 108 Å². The van der Waals surface area contributed by atoms with Gasteiger partial charge in [0, 0.05) is 28.7 Å². The highest BCUT2D eigenvalue weighted by atomic mass is 79.9. The molecule has 1 unspecified atom stereocenters. The molecule has 90 valence electrons. The van der Waals surface area contributed by atoms with E-state index in [1.165, 1.54) is 0 Å². The van der Waals surface area contributed by atoms with Gasteiger partial charge in [0.15, 0.2) is 0 Å². The van der Waals surface area contributed by atoms with Crippen LogP contribution in [0, 0.1) is 4.91 Å². The predicted octanol–water partition coefficient (Wildman–Crippen LogP) is 3.40. The molecular weight excluding hydrogens is 284 g/mol. The number of fused-ring (bicyclic) bond motifs is 1. The van der Waals surface area contributed by atoms with Crippen LogP contribution in [0.1, 0.15) is 31.4 Å². The lowest BCUT2D eigenvalue weighted by Crippen LogP contribution is -2.35. The number of amides is 1. The molecule has 4 nitrogen and oxygen atoms in total. The normalized spacial score (nSPS) is 18.7. The standard InChI is InChI=1S/C12H13BrN2O2/c1-2-12(16)15-6-5-10(14-17)9-7-8(13)3-4-11(9)15/h3-4,7,10H,2,5-6H2,1H3. The number of carbonyl (C=O) groups excluding carboxylic acids is 1. The van der Waals surface area contributed by atoms with Crippen molar-refractivity contribution in [3.05, 3.63) is 33.1 Å². The van der Waals surface area contributed by atoms with E-state index < -0.39 is 0 Å². The molecule has 1 heterocycles. The topological polar surface area (TPSA) is 49.7 Å². The number of carbonyl (C=O) groups is 1. The van der Waals surface area contributed by atoms with Crippen LogP contribution in [-0.4, -0.2) is 12.5 Å². The lowest BCUT2D eigenvalue weighted by atomic mass is 9.97. The van der Waals surface area contributed by atoms with Crippen molar-refractivity contribution in [2.45, 2.75) is 25.8 Å². The van der Waals surface area contributed by atoms with Crippen molar-refractivity contribution in [3.63, 3.8) is 0 Å². The Morgan fingerprint density at radius 2 is 2.35 bits per heavy atom. The van der Waals surface area contributed by atoms with Gasteiger partial charge in [-0.2, -0.15) is 4.91 Å². The van der Waals surface area contributed by atoms with Crippen molar-refractivity contribution in [2.24, 2.45) is 5.18 Å². The average molecular weight is 297 g/mol. The Balaban J connectivity index is 2.47. The minimum atomic E-state index is -0.344. The van der Waals surface area contributed by atoms with Crippen LogP contribution in [0.15, 0.2) is 27.8 Å². The first-order chi connectivity index (χ1) is 8.17. The summed E-state index contributed by atoms with van der Waals surface area (Å²) in [6, 6.07) is 5.27. The van der Waals surface area contributed by atoms with E-state index in [2.05, 4.69) is 21.1 Å². The zero-order valence-corrected chi connectivity index (χ0v) is 11.1. The summed E-state index contributed by atoms with van der Waals surface area (Å²) in [7, 11) is 0. The highest BCUT2D eigenvalue weighted by molar-refractivity contribution is 9.10. The van der Waals surface area contributed by atoms with Crippen molar-refractivity contribution in [1.82, 2.24) is 0 Å². The van der Waals surface area contributed by atoms with E-state index in [1.54, 1.807) is 4.90 Å². The summed E-state index contributed by atoms with van der Waals surface area (Å²) in [5.41, 5.74) is 1.65. The van der Waals surface area contributed by atoms with Crippen molar-refractivity contribution in [3.8, 4) is 0 Å². The molecule has 0 fully saturated rings. The third-order valence-electron chi connectivity index (χ3n) is 3.00. The van der Waals surface area contributed by atoms with Gasteiger partial charge in [-0.3, -0.25) is 4.79 Å². The van der Waals surface area contributed by atoms with Gasteiger partial charge in [0.25, 0.3) is 0 Å². The highest BCUT2D eigenvalue weighted by Crippen LogP contribution is 2.37. The van der Waals surface area contributed by atoms with Crippen molar-refractivity contribution < 1.29 is 4.79 Å². The number of benzene rings is 1. The third-order valence-corrected chi connectivity index (χ3v) is 3.49. The van der Waals surface area contributed by atoms with Crippen LogP contribution in [0.2, 0.25) is 0 Å². The summed E-state index contributed by atoms with van der Waals surface area (Å²) in [4.78, 5) is 24.4. The predicted molar refractivity (Wildman–Crippen MR) is 69.9 cm³/mol. The monoisotopic (exact) mass is 296 g/mol. The van der Waals surface area contributed by atoms with Crippen LogP contribution in [0.25, 0.3) is 0 Å². The Kier molecular flexibility index (Phi) is 3.57. The molecule has 17 heavy (non-hydrogen) atoms. The fraction of sp³-hybridized carbons (Fsp3) is 0.417. The van der Waals surface area contributed by atoms with E-state index >= 15 is 0 Å². The zero-order chi connectivity index (χ0) is 12.4. The maximum absolute atomic E-state index is 11.8. The molecular formula is C12H13BrN2O2. The van der Waals surface area contributed by atoms with Crippen LogP contribution < -0.4 is 4.90 Å². The lowest BCUT2D eigenvalue weighted by molar-refractivity contribution is -0.118. The Hall–Kier alpha value is -1.23. The maximum Gasteiger partial charge on any atom is 0.226 e. The van der Waals surface area contributed by atoms with E-state index in [0.29, 0.717) is 19.4 Å². The Morgan fingerprint density at radius 1 is 1.59 bits per heavy atom. The largest absolute Gasteiger partial charge is 0.312 e. The minimum Gasteiger partial charge on any atom is -0.312 e. The van der Waals surface area contributed by atoms with Crippen LogP contribution in [0.4, 0.5) is 5.69 Å². The summed E-state index contributed by atoms with van der Waals surface area (Å²) < 4.78 is 0.899. The highest BCUT2D eigenvalue weighted by Gasteiger charge is 2.28. The van der Waals surface area contributed by atoms with E-state index in [9.17, 15) is 9.70 Å². The molecule has 0 spiro atoms. The third kappa shape index (κ3) is 2.24. The number of hydrogen-bond donors (Lipinski definition) is 0. The number of nitrogens with zero attached hydrogens (tertiary/aromatic N) is 2. The molecule has 1 atom stereocenters. The van der Waals surface area contributed by atoms with E-state index in [4.69, 9.17) is 0 Å². The first-order valence-corrected chi connectivity index (χ1v) is 6.39. The molecule has 0 saturated heterocycles. The van der Waals surface area contributed by atoms with Crippen LogP contribution >= 0.6 is 15.9 Å². The molecule has 0 N–H and O–H groups in total. The van der Waals surface area contributed by atoms with Crippen molar-refractivity contribution in [2.75, 3.05) is 11.4 Å². The number of halogens is 1. The summed E-state index contributed by atoms with van der Waals surface area (Å²) in [5.74, 6) is 0.0814. The van der Waals surface area contributed by atoms with Gasteiger partial charge >= 0.3 is 0 Å². The molecule has 1 aromatic rings. The molecule has 1 aliphatic rings. The fourth-order valence-electron chi connectivity index (χ4n) is 2.12. The molecule has 0 radical (unpaired) electrons. The summed E-state index contributed by atoms with van der Waals surface area (Å²) >= 11 is 3.37. The second-order valence-electron chi connectivity index (χ2n) is 4.01. The molecule has 2 rings (SSSR count). The molecule has 1 aliphatic heterocycles. The van der Waals surface area contributed by atoms with Gasteiger partial charge < -0.3 is 4.90 Å². The van der Waals surface area contributed by atoms with Gasteiger partial charge in [0.2, 0.25) is 5.91 Å². The van der Waals surface area contributed by atoms with E-state index in [-0.39, 0.29) is 11.9 Å². The number of nitroso groups, excluding NO2 is 1. The number of rotatable bonds is 2. The second-order valence-corrected chi connectivity index (χ2v) is 4.93. The van der Waals surface area contributed by atoms with Gasteiger partial charge in [0.05, 0.1) is 0 Å². The molecule has 0 bridgehead atoms. The number of hydrogen-bond acceptors (Lipinski definition) is 3. The van der Waals surface area contributed by atoms with Crippen LogP contribution in [-0.2, 0) is 4.79 Å². The van der Waals surface area contributed by atoms with Gasteiger partial charge in [0.1, 0.15) is 6.04 Å². The van der Waals surface area contributed by atoms with Gasteiger partial charge in [-0.1, -0.05) is 28.0 Å². The first kappa shape index (κ1) is 12.2. The lowest BCUT2D eigenvalue weighted by Gasteiger charge is -2.31. The molecule has 0 aromatic heterocycles. The summed E-state index contributed by atoms with van der Waals surface area (Å²) in [5, 5.41) is 3.14.